The van der Waals surface area contributed by atoms with Crippen LogP contribution in [0.3, 0.4) is 0 Å². The van der Waals surface area contributed by atoms with Crippen molar-refractivity contribution in [2.24, 2.45) is 0 Å². The molecule has 1 rings (SSSR count). The predicted octanol–water partition coefficient (Wildman–Crippen LogP) is 2.17. The van der Waals surface area contributed by atoms with Gasteiger partial charge in [-0.25, -0.2) is 8.42 Å². The predicted molar refractivity (Wildman–Crippen MR) is 81.8 cm³/mol. The molecule has 0 aliphatic carbocycles. The van der Waals surface area contributed by atoms with Crippen molar-refractivity contribution in [2.45, 2.75) is 32.4 Å². The summed E-state index contributed by atoms with van der Waals surface area (Å²) in [5.74, 6) is 0.0133. The van der Waals surface area contributed by atoms with Crippen LogP contribution in [0.15, 0.2) is 43.0 Å². The van der Waals surface area contributed by atoms with Gasteiger partial charge in [-0.1, -0.05) is 36.4 Å². The molecule has 0 saturated heterocycles. The van der Waals surface area contributed by atoms with Gasteiger partial charge in [0.25, 0.3) is 0 Å². The van der Waals surface area contributed by atoms with E-state index in [1.54, 1.807) is 19.9 Å². The van der Waals surface area contributed by atoms with E-state index in [9.17, 15) is 13.5 Å². The van der Waals surface area contributed by atoms with E-state index < -0.39 is 15.6 Å². The Balaban J connectivity index is 2.93. The van der Waals surface area contributed by atoms with Crippen molar-refractivity contribution >= 4 is 10.0 Å². The Morgan fingerprint density at radius 3 is 2.40 bits per heavy atom. The van der Waals surface area contributed by atoms with Crippen LogP contribution in [-0.2, 0) is 16.6 Å². The molecule has 0 unspecified atom stereocenters. The normalized spacial score (nSPS) is 12.6. The summed E-state index contributed by atoms with van der Waals surface area (Å²) in [4.78, 5) is 0. The molecule has 1 N–H and O–H groups in total. The fraction of sp³-hybridized carbons (Fsp3) is 0.467. The first kappa shape index (κ1) is 16.9. The summed E-state index contributed by atoms with van der Waals surface area (Å²) in [5, 5.41) is 9.93. The lowest BCUT2D eigenvalue weighted by Gasteiger charge is -2.28. The van der Waals surface area contributed by atoms with Crippen LogP contribution in [0.5, 0.6) is 0 Å². The van der Waals surface area contributed by atoms with Gasteiger partial charge in [0.2, 0.25) is 10.0 Å². The second kappa shape index (κ2) is 7.02. The molecule has 0 atom stereocenters. The molecule has 0 spiro atoms. The first-order valence-corrected chi connectivity index (χ1v) is 8.20. The third-order valence-corrected chi connectivity index (χ3v) is 4.53. The smallest absolute Gasteiger partial charge is 0.214 e. The van der Waals surface area contributed by atoms with Gasteiger partial charge >= 0.3 is 0 Å². The quantitative estimate of drug-likeness (QED) is 0.748. The maximum atomic E-state index is 12.3. The molecule has 0 bridgehead atoms. The summed E-state index contributed by atoms with van der Waals surface area (Å²) in [7, 11) is -3.41. The Kier molecular flexibility index (Phi) is 5.92. The summed E-state index contributed by atoms with van der Waals surface area (Å²) in [6.45, 7) is 7.10. The Bertz CT molecular complexity index is 518. The van der Waals surface area contributed by atoms with E-state index in [2.05, 4.69) is 6.58 Å². The summed E-state index contributed by atoms with van der Waals surface area (Å²) in [6, 6.07) is 9.37. The zero-order valence-electron chi connectivity index (χ0n) is 12.1. The van der Waals surface area contributed by atoms with E-state index in [1.807, 2.05) is 30.3 Å². The number of allylic oxidation sites excluding steroid dienone is 1. The molecule has 0 aliphatic heterocycles. The van der Waals surface area contributed by atoms with Crippen LogP contribution in [0, 0.1) is 0 Å². The fourth-order valence-corrected chi connectivity index (χ4v) is 3.41. The van der Waals surface area contributed by atoms with Crippen LogP contribution in [0.25, 0.3) is 0 Å². The van der Waals surface area contributed by atoms with Crippen molar-refractivity contribution in [3.8, 4) is 0 Å². The summed E-state index contributed by atoms with van der Waals surface area (Å²) < 4.78 is 26.0. The fourth-order valence-electron chi connectivity index (χ4n) is 1.83. The van der Waals surface area contributed by atoms with Crippen LogP contribution >= 0.6 is 0 Å². The van der Waals surface area contributed by atoms with Gasteiger partial charge in [0.05, 0.1) is 11.4 Å². The van der Waals surface area contributed by atoms with Gasteiger partial charge in [-0.3, -0.25) is 0 Å². The first-order valence-electron chi connectivity index (χ1n) is 6.59. The van der Waals surface area contributed by atoms with E-state index in [4.69, 9.17) is 0 Å². The highest BCUT2D eigenvalue weighted by Gasteiger charge is 2.27. The molecule has 4 nitrogen and oxygen atoms in total. The molecule has 0 aliphatic rings. The van der Waals surface area contributed by atoms with Gasteiger partial charge in [-0.2, -0.15) is 4.31 Å². The van der Waals surface area contributed by atoms with E-state index in [0.29, 0.717) is 6.42 Å². The van der Waals surface area contributed by atoms with Crippen molar-refractivity contribution in [1.29, 1.82) is 0 Å². The molecule has 0 amide bonds. The van der Waals surface area contributed by atoms with Gasteiger partial charge in [0, 0.05) is 13.1 Å². The number of hydrogen-bond acceptors (Lipinski definition) is 3. The molecule has 1 aromatic rings. The zero-order valence-corrected chi connectivity index (χ0v) is 12.9. The number of rotatable bonds is 8. The third-order valence-electron chi connectivity index (χ3n) is 2.74. The minimum atomic E-state index is -3.41. The van der Waals surface area contributed by atoms with Crippen LogP contribution in [0.1, 0.15) is 25.8 Å². The van der Waals surface area contributed by atoms with Crippen molar-refractivity contribution in [3.63, 3.8) is 0 Å². The van der Waals surface area contributed by atoms with Crippen LogP contribution < -0.4 is 0 Å². The molecular weight excluding hydrogens is 274 g/mol. The van der Waals surface area contributed by atoms with Crippen LogP contribution in [0.2, 0.25) is 0 Å². The summed E-state index contributed by atoms with van der Waals surface area (Å²) in [5.41, 5.74) is -0.172. The maximum Gasteiger partial charge on any atom is 0.214 e. The molecule has 112 valence electrons. The van der Waals surface area contributed by atoms with Gasteiger partial charge < -0.3 is 5.11 Å². The Labute approximate surface area is 121 Å². The molecule has 0 saturated carbocycles. The molecule has 20 heavy (non-hydrogen) atoms. The number of hydrogen-bond donors (Lipinski definition) is 1. The second-order valence-electron chi connectivity index (χ2n) is 5.46. The Hall–Kier alpha value is -1.17. The lowest BCUT2D eigenvalue weighted by Crippen LogP contribution is -2.42. The summed E-state index contributed by atoms with van der Waals surface area (Å²) in [6.07, 6.45) is 1.99. The zero-order chi connectivity index (χ0) is 15.2. The average Bonchev–Trinajstić information content (AvgIpc) is 2.35. The van der Waals surface area contributed by atoms with Crippen molar-refractivity contribution in [2.75, 3.05) is 12.3 Å². The topological polar surface area (TPSA) is 57.6 Å². The van der Waals surface area contributed by atoms with Crippen molar-refractivity contribution in [3.05, 3.63) is 48.6 Å². The monoisotopic (exact) mass is 297 g/mol. The number of benzene rings is 1. The highest BCUT2D eigenvalue weighted by atomic mass is 32.2. The molecular formula is C15H23NO3S. The van der Waals surface area contributed by atoms with Gasteiger partial charge in [-0.15, -0.1) is 6.58 Å². The minimum Gasteiger partial charge on any atom is -0.389 e. The lowest BCUT2D eigenvalue weighted by atomic mass is 10.1. The third kappa shape index (κ3) is 5.86. The van der Waals surface area contributed by atoms with E-state index in [0.717, 1.165) is 5.56 Å². The SMILES string of the molecule is C=CCCS(=O)(=O)N(Cc1ccccc1)CC(C)(C)O. The van der Waals surface area contributed by atoms with Crippen LogP contribution in [0.4, 0.5) is 0 Å². The Morgan fingerprint density at radius 2 is 1.90 bits per heavy atom. The molecule has 0 fully saturated rings. The Morgan fingerprint density at radius 1 is 1.30 bits per heavy atom. The minimum absolute atomic E-state index is 0.0133. The molecule has 0 heterocycles. The van der Waals surface area contributed by atoms with Crippen molar-refractivity contribution < 1.29 is 13.5 Å². The average molecular weight is 297 g/mol. The van der Waals surface area contributed by atoms with Gasteiger partial charge in [0.1, 0.15) is 0 Å². The maximum absolute atomic E-state index is 12.3. The molecule has 1 aromatic carbocycles. The number of aliphatic hydroxyl groups is 1. The second-order valence-corrected chi connectivity index (χ2v) is 7.55. The standard InChI is InChI=1S/C15H23NO3S/c1-4-5-11-20(18,19)16(13-15(2,3)17)12-14-9-7-6-8-10-14/h4,6-10,17H,1,5,11-13H2,2-3H3. The molecule has 5 heteroatoms. The molecule has 0 aromatic heterocycles. The molecule has 0 radical (unpaired) electrons. The van der Waals surface area contributed by atoms with Gasteiger partial charge in [-0.05, 0) is 25.8 Å². The van der Waals surface area contributed by atoms with Crippen LogP contribution in [-0.4, -0.2) is 35.7 Å². The van der Waals surface area contributed by atoms with E-state index >= 15 is 0 Å². The van der Waals surface area contributed by atoms with E-state index in [-0.39, 0.29) is 18.8 Å². The highest BCUT2D eigenvalue weighted by Crippen LogP contribution is 2.15. The number of sulfonamides is 1. The lowest BCUT2D eigenvalue weighted by molar-refractivity contribution is 0.0577. The van der Waals surface area contributed by atoms with Crippen molar-refractivity contribution in [1.82, 2.24) is 4.31 Å². The first-order chi connectivity index (χ1) is 9.24. The number of nitrogens with zero attached hydrogens (tertiary/aromatic N) is 1. The summed E-state index contributed by atoms with van der Waals surface area (Å²) >= 11 is 0. The van der Waals surface area contributed by atoms with Gasteiger partial charge in [0.15, 0.2) is 0 Å². The highest BCUT2D eigenvalue weighted by molar-refractivity contribution is 7.89. The van der Waals surface area contributed by atoms with E-state index in [1.165, 1.54) is 4.31 Å². The largest absolute Gasteiger partial charge is 0.389 e.